The highest BCUT2D eigenvalue weighted by Crippen LogP contribution is 2.09. The van der Waals surface area contributed by atoms with Gasteiger partial charge >= 0.3 is 0 Å². The van der Waals surface area contributed by atoms with Crippen LogP contribution in [-0.2, 0) is 11.3 Å². The normalized spacial score (nSPS) is 17.5. The molecule has 0 aromatic heterocycles. The van der Waals surface area contributed by atoms with Crippen LogP contribution in [0.25, 0.3) is 0 Å². The van der Waals surface area contributed by atoms with Crippen molar-refractivity contribution in [2.24, 2.45) is 0 Å². The molecule has 1 saturated heterocycles. The Morgan fingerprint density at radius 2 is 1.75 bits per heavy atom. The van der Waals surface area contributed by atoms with Crippen molar-refractivity contribution in [1.29, 1.82) is 0 Å². The van der Waals surface area contributed by atoms with E-state index < -0.39 is 0 Å². The van der Waals surface area contributed by atoms with Crippen LogP contribution in [0.4, 0.5) is 0 Å². The molecule has 2 heteroatoms. The van der Waals surface area contributed by atoms with Crippen molar-refractivity contribution in [3.8, 4) is 0 Å². The van der Waals surface area contributed by atoms with Gasteiger partial charge in [-0.3, -0.25) is 4.84 Å². The van der Waals surface area contributed by atoms with Crippen molar-refractivity contribution >= 4 is 0 Å². The van der Waals surface area contributed by atoms with Crippen LogP contribution < -0.4 is 0 Å². The van der Waals surface area contributed by atoms with Crippen LogP contribution in [0.2, 0.25) is 0 Å². The molecule has 1 aromatic carbocycles. The molecular weight excluding hydrogens is 198 g/mol. The lowest BCUT2D eigenvalue weighted by molar-refractivity contribution is -0.168. The van der Waals surface area contributed by atoms with Gasteiger partial charge in [-0.05, 0) is 31.2 Å². The zero-order valence-corrected chi connectivity index (χ0v) is 9.90. The summed E-state index contributed by atoms with van der Waals surface area (Å²) >= 11 is 0. The second kappa shape index (κ2) is 6.66. The molecule has 1 aliphatic rings. The van der Waals surface area contributed by atoms with Gasteiger partial charge in [0.15, 0.2) is 0 Å². The van der Waals surface area contributed by atoms with Crippen LogP contribution in [0, 0.1) is 0 Å². The van der Waals surface area contributed by atoms with E-state index in [1.54, 1.807) is 0 Å². The summed E-state index contributed by atoms with van der Waals surface area (Å²) in [5.41, 5.74) is 1.41. The first-order chi connectivity index (χ1) is 7.95. The molecule has 1 aromatic rings. The molecule has 0 amide bonds. The largest absolute Gasteiger partial charge is 0.299 e. The number of aryl methyl sites for hydroxylation is 1. The Kier molecular flexibility index (Phi) is 4.84. The number of hydrogen-bond donors (Lipinski definition) is 0. The van der Waals surface area contributed by atoms with E-state index in [9.17, 15) is 0 Å². The van der Waals surface area contributed by atoms with E-state index >= 15 is 0 Å². The quantitative estimate of drug-likeness (QED) is 0.706. The molecule has 1 heterocycles. The molecule has 0 atom stereocenters. The van der Waals surface area contributed by atoms with Gasteiger partial charge in [-0.15, -0.1) is 0 Å². The van der Waals surface area contributed by atoms with Gasteiger partial charge in [-0.1, -0.05) is 36.8 Å². The van der Waals surface area contributed by atoms with Gasteiger partial charge in [0, 0.05) is 13.1 Å². The summed E-state index contributed by atoms with van der Waals surface area (Å²) in [4.78, 5) is 5.74. The minimum absolute atomic E-state index is 0.856. The number of nitrogens with zero attached hydrogens (tertiary/aromatic N) is 1. The fourth-order valence-corrected chi connectivity index (χ4v) is 2.11. The predicted octanol–water partition coefficient (Wildman–Crippen LogP) is 3.04. The second-order valence-corrected chi connectivity index (χ2v) is 4.41. The summed E-state index contributed by atoms with van der Waals surface area (Å²) < 4.78 is 0. The van der Waals surface area contributed by atoms with Crippen molar-refractivity contribution in [3.63, 3.8) is 0 Å². The summed E-state index contributed by atoms with van der Waals surface area (Å²) in [7, 11) is 0. The summed E-state index contributed by atoms with van der Waals surface area (Å²) in [6, 6.07) is 10.6. The summed E-state index contributed by atoms with van der Waals surface area (Å²) in [6.45, 7) is 3.09. The van der Waals surface area contributed by atoms with Crippen LogP contribution in [0.15, 0.2) is 30.3 Å². The maximum Gasteiger partial charge on any atom is 0.0688 e. The number of rotatable bonds is 5. The van der Waals surface area contributed by atoms with E-state index in [0.717, 1.165) is 32.5 Å². The Hall–Kier alpha value is -0.860. The van der Waals surface area contributed by atoms with Gasteiger partial charge in [0.25, 0.3) is 0 Å². The molecule has 0 aliphatic carbocycles. The number of benzene rings is 1. The van der Waals surface area contributed by atoms with Gasteiger partial charge in [0.1, 0.15) is 0 Å². The smallest absolute Gasteiger partial charge is 0.0688 e. The van der Waals surface area contributed by atoms with Crippen LogP contribution in [0.3, 0.4) is 0 Å². The van der Waals surface area contributed by atoms with Crippen LogP contribution >= 0.6 is 0 Å². The third-order valence-electron chi connectivity index (χ3n) is 3.04. The fourth-order valence-electron chi connectivity index (χ4n) is 2.11. The van der Waals surface area contributed by atoms with Crippen LogP contribution in [0.5, 0.6) is 0 Å². The number of hydrogen-bond acceptors (Lipinski definition) is 2. The monoisotopic (exact) mass is 219 g/mol. The molecule has 0 unspecified atom stereocenters. The maximum atomic E-state index is 5.74. The molecule has 0 N–H and O–H groups in total. The SMILES string of the molecule is c1ccc(CCCON2CCCCC2)cc1. The van der Waals surface area contributed by atoms with Gasteiger partial charge in [0.2, 0.25) is 0 Å². The predicted molar refractivity (Wildman–Crippen MR) is 66.1 cm³/mol. The Morgan fingerprint density at radius 1 is 1.00 bits per heavy atom. The topological polar surface area (TPSA) is 12.5 Å². The second-order valence-electron chi connectivity index (χ2n) is 4.41. The average molecular weight is 219 g/mol. The first-order valence-electron chi connectivity index (χ1n) is 6.37. The Bertz CT molecular complexity index is 280. The standard InChI is InChI=1S/C14H21NO/c1-3-8-14(9-4-1)10-7-13-16-15-11-5-2-6-12-15/h1,3-4,8-9H,2,5-7,10-13H2. The molecule has 1 fully saturated rings. The number of piperidine rings is 1. The minimum atomic E-state index is 0.856. The van der Waals surface area contributed by atoms with Crippen molar-refractivity contribution in [2.75, 3.05) is 19.7 Å². The van der Waals surface area contributed by atoms with Crippen molar-refractivity contribution < 1.29 is 4.84 Å². The van der Waals surface area contributed by atoms with E-state index in [1.807, 2.05) is 0 Å². The molecule has 2 rings (SSSR count). The van der Waals surface area contributed by atoms with E-state index in [4.69, 9.17) is 4.84 Å². The lowest BCUT2D eigenvalue weighted by Gasteiger charge is -2.25. The van der Waals surface area contributed by atoms with Gasteiger partial charge in [-0.2, -0.15) is 5.06 Å². The Balaban J connectivity index is 1.58. The van der Waals surface area contributed by atoms with Gasteiger partial charge in [-0.25, -0.2) is 0 Å². The molecular formula is C14H21NO. The highest BCUT2D eigenvalue weighted by molar-refractivity contribution is 5.14. The lowest BCUT2D eigenvalue weighted by Crippen LogP contribution is -2.30. The molecule has 0 spiro atoms. The molecule has 1 aliphatic heterocycles. The van der Waals surface area contributed by atoms with Crippen LogP contribution in [-0.4, -0.2) is 24.8 Å². The summed E-state index contributed by atoms with van der Waals surface area (Å²) in [5.74, 6) is 0. The zero-order valence-electron chi connectivity index (χ0n) is 9.90. The Morgan fingerprint density at radius 3 is 2.50 bits per heavy atom. The zero-order chi connectivity index (χ0) is 11.1. The van der Waals surface area contributed by atoms with Gasteiger partial charge in [0.05, 0.1) is 6.61 Å². The first-order valence-corrected chi connectivity index (χ1v) is 6.37. The third-order valence-corrected chi connectivity index (χ3v) is 3.04. The van der Waals surface area contributed by atoms with E-state index in [1.165, 1.54) is 24.8 Å². The van der Waals surface area contributed by atoms with E-state index in [0.29, 0.717) is 0 Å². The van der Waals surface area contributed by atoms with E-state index in [2.05, 4.69) is 35.4 Å². The maximum absolute atomic E-state index is 5.74. The van der Waals surface area contributed by atoms with Crippen molar-refractivity contribution in [1.82, 2.24) is 5.06 Å². The van der Waals surface area contributed by atoms with Crippen molar-refractivity contribution in [3.05, 3.63) is 35.9 Å². The molecule has 16 heavy (non-hydrogen) atoms. The lowest BCUT2D eigenvalue weighted by atomic mass is 10.1. The highest BCUT2D eigenvalue weighted by Gasteiger charge is 2.09. The highest BCUT2D eigenvalue weighted by atomic mass is 16.7. The van der Waals surface area contributed by atoms with Gasteiger partial charge < -0.3 is 0 Å². The summed E-state index contributed by atoms with van der Waals surface area (Å²) in [6.07, 6.45) is 6.18. The average Bonchev–Trinajstić information content (AvgIpc) is 2.37. The molecule has 0 bridgehead atoms. The minimum Gasteiger partial charge on any atom is -0.299 e. The molecule has 0 radical (unpaired) electrons. The molecule has 2 nitrogen and oxygen atoms in total. The first kappa shape index (κ1) is 11.6. The van der Waals surface area contributed by atoms with E-state index in [-0.39, 0.29) is 0 Å². The van der Waals surface area contributed by atoms with Crippen LogP contribution in [0.1, 0.15) is 31.2 Å². The van der Waals surface area contributed by atoms with Crippen molar-refractivity contribution in [2.45, 2.75) is 32.1 Å². The number of hydroxylamine groups is 2. The molecule has 88 valence electrons. The summed E-state index contributed by atoms with van der Waals surface area (Å²) in [5, 5.41) is 2.13. The Labute approximate surface area is 98.2 Å². The molecule has 0 saturated carbocycles. The fraction of sp³-hybridized carbons (Fsp3) is 0.571. The third kappa shape index (κ3) is 3.95.